The third-order valence-electron chi connectivity index (χ3n) is 5.13. The minimum atomic E-state index is -4.78. The minimum absolute atomic E-state index is 0.0452. The molecular weight excluding hydrogens is 411 g/mol. The summed E-state index contributed by atoms with van der Waals surface area (Å²) in [5, 5.41) is 3.28. The molecule has 2 aromatic rings. The second-order valence-electron chi connectivity index (χ2n) is 7.33. The Bertz CT molecular complexity index is 970. The van der Waals surface area contributed by atoms with E-state index in [0.29, 0.717) is 16.9 Å². The summed E-state index contributed by atoms with van der Waals surface area (Å²) in [6.45, 7) is 5.85. The first-order chi connectivity index (χ1) is 14.6. The number of primary amides is 1. The van der Waals surface area contributed by atoms with Crippen LogP contribution in [0.15, 0.2) is 43.0 Å². The zero-order valence-corrected chi connectivity index (χ0v) is 16.8. The van der Waals surface area contributed by atoms with Crippen molar-refractivity contribution < 1.29 is 27.4 Å². The lowest BCUT2D eigenvalue weighted by atomic mass is 9.85. The van der Waals surface area contributed by atoms with Gasteiger partial charge in [-0.15, -0.1) is 13.2 Å². The Balaban J connectivity index is 1.83. The molecule has 2 aromatic carbocycles. The molecule has 0 atom stereocenters. The van der Waals surface area contributed by atoms with Gasteiger partial charge in [0.2, 0.25) is 0 Å². The molecule has 0 bridgehead atoms. The smallest absolute Gasteiger partial charge is 0.489 e. The Labute approximate surface area is 178 Å². The lowest BCUT2D eigenvalue weighted by Gasteiger charge is -2.26. The highest BCUT2D eigenvalue weighted by molar-refractivity contribution is 6.01. The maximum Gasteiger partial charge on any atom is 0.573 e. The van der Waals surface area contributed by atoms with E-state index in [2.05, 4.69) is 16.6 Å². The number of hydrogen-bond donors (Lipinski definition) is 3. The second-order valence-corrected chi connectivity index (χ2v) is 7.33. The molecule has 0 unspecified atom stereocenters. The highest BCUT2D eigenvalue weighted by atomic mass is 19.4. The zero-order valence-electron chi connectivity index (χ0n) is 16.8. The van der Waals surface area contributed by atoms with Gasteiger partial charge >= 0.3 is 6.36 Å². The first-order valence-electron chi connectivity index (χ1n) is 9.74. The molecule has 1 fully saturated rings. The summed E-state index contributed by atoms with van der Waals surface area (Å²) >= 11 is 0. The van der Waals surface area contributed by atoms with Crippen LogP contribution in [0, 0.1) is 5.92 Å². The summed E-state index contributed by atoms with van der Waals surface area (Å²) in [6.07, 6.45) is -3.00. The Morgan fingerprint density at radius 2 is 1.81 bits per heavy atom. The number of carbonyl (C=O) groups is 1. The van der Waals surface area contributed by atoms with E-state index in [1.54, 1.807) is 12.1 Å². The van der Waals surface area contributed by atoms with Crippen molar-refractivity contribution in [3.05, 3.63) is 59.7 Å². The molecule has 1 heterocycles. The number of nitrogens with two attached hydrogens (primary N) is 2. The van der Waals surface area contributed by atoms with Gasteiger partial charge in [-0.1, -0.05) is 18.7 Å². The van der Waals surface area contributed by atoms with Gasteiger partial charge in [0.15, 0.2) is 0 Å². The standard InChI is InChI=1S/C22H24F3N3O3/c1-13(15-5-7-28-8-6-15)18-10-17(11-19(20(18)26)21(27)29)30-12-14-3-2-4-16(9-14)31-22(23,24)25/h2-4,9-11,15,28H,1,5-8,12,26H2,(H2,27,29). The van der Waals surface area contributed by atoms with Crippen molar-refractivity contribution in [3.8, 4) is 11.5 Å². The molecule has 0 saturated carbocycles. The van der Waals surface area contributed by atoms with Crippen LogP contribution in [0.3, 0.4) is 0 Å². The van der Waals surface area contributed by atoms with E-state index in [4.69, 9.17) is 16.2 Å². The molecule has 1 saturated heterocycles. The van der Waals surface area contributed by atoms with E-state index < -0.39 is 12.3 Å². The molecule has 166 valence electrons. The number of anilines is 1. The van der Waals surface area contributed by atoms with Gasteiger partial charge in [0.05, 0.1) is 11.3 Å². The fourth-order valence-electron chi connectivity index (χ4n) is 3.57. The van der Waals surface area contributed by atoms with E-state index in [-0.39, 0.29) is 29.5 Å². The highest BCUT2D eigenvalue weighted by Gasteiger charge is 2.31. The van der Waals surface area contributed by atoms with Gasteiger partial charge in [-0.2, -0.15) is 0 Å². The average molecular weight is 435 g/mol. The van der Waals surface area contributed by atoms with Gasteiger partial charge in [-0.3, -0.25) is 4.79 Å². The quantitative estimate of drug-likeness (QED) is 0.574. The van der Waals surface area contributed by atoms with Crippen LogP contribution in [0.2, 0.25) is 0 Å². The molecule has 0 aliphatic carbocycles. The molecule has 1 aliphatic rings. The van der Waals surface area contributed by atoms with Crippen LogP contribution in [-0.4, -0.2) is 25.4 Å². The lowest BCUT2D eigenvalue weighted by molar-refractivity contribution is -0.274. The number of nitrogen functional groups attached to an aromatic ring is 1. The first-order valence-corrected chi connectivity index (χ1v) is 9.74. The SMILES string of the molecule is C=C(c1cc(OCc2cccc(OC(F)(F)F)c2)cc(C(N)=O)c1N)C1CCNCC1. The van der Waals surface area contributed by atoms with Gasteiger partial charge in [0.1, 0.15) is 18.1 Å². The topological polar surface area (TPSA) is 99.6 Å². The fraction of sp³-hybridized carbons (Fsp3) is 0.318. The number of allylic oxidation sites excluding steroid dienone is 1. The molecule has 0 spiro atoms. The number of halogens is 3. The number of rotatable bonds is 7. The van der Waals surface area contributed by atoms with Crippen LogP contribution in [0.5, 0.6) is 11.5 Å². The van der Waals surface area contributed by atoms with Crippen molar-refractivity contribution in [3.63, 3.8) is 0 Å². The number of benzene rings is 2. The van der Waals surface area contributed by atoms with E-state index in [9.17, 15) is 18.0 Å². The van der Waals surface area contributed by atoms with E-state index in [0.717, 1.165) is 31.5 Å². The van der Waals surface area contributed by atoms with Crippen molar-refractivity contribution in [2.75, 3.05) is 18.8 Å². The lowest BCUT2D eigenvalue weighted by Crippen LogP contribution is -2.28. The molecule has 0 aromatic heterocycles. The van der Waals surface area contributed by atoms with E-state index in [1.165, 1.54) is 24.3 Å². The van der Waals surface area contributed by atoms with Crippen molar-refractivity contribution >= 4 is 17.2 Å². The van der Waals surface area contributed by atoms with Crippen LogP contribution in [0.25, 0.3) is 5.57 Å². The largest absolute Gasteiger partial charge is 0.573 e. The fourth-order valence-corrected chi connectivity index (χ4v) is 3.57. The summed E-state index contributed by atoms with van der Waals surface area (Å²) in [7, 11) is 0. The average Bonchev–Trinajstić information content (AvgIpc) is 2.72. The Morgan fingerprint density at radius 3 is 2.45 bits per heavy atom. The summed E-state index contributed by atoms with van der Waals surface area (Å²) in [5.41, 5.74) is 13.9. The minimum Gasteiger partial charge on any atom is -0.489 e. The number of alkyl halides is 3. The van der Waals surface area contributed by atoms with Gasteiger partial charge in [0.25, 0.3) is 5.91 Å². The number of amides is 1. The number of carbonyl (C=O) groups excluding carboxylic acids is 1. The molecule has 1 aliphatic heterocycles. The van der Waals surface area contributed by atoms with Crippen LogP contribution >= 0.6 is 0 Å². The first kappa shape index (κ1) is 22.5. The normalized spacial score (nSPS) is 14.8. The summed E-state index contributed by atoms with van der Waals surface area (Å²) < 4.78 is 47.0. The molecular formula is C22H24F3N3O3. The number of nitrogens with one attached hydrogen (secondary N) is 1. The molecule has 31 heavy (non-hydrogen) atoms. The number of ether oxygens (including phenoxy) is 2. The molecule has 1 amide bonds. The third kappa shape index (κ3) is 5.91. The Kier molecular flexibility index (Phi) is 6.74. The van der Waals surface area contributed by atoms with Crippen LogP contribution in [0.1, 0.15) is 34.3 Å². The number of hydrogen-bond acceptors (Lipinski definition) is 5. The molecule has 9 heteroatoms. The Morgan fingerprint density at radius 1 is 1.13 bits per heavy atom. The Hall–Kier alpha value is -3.20. The van der Waals surface area contributed by atoms with Crippen molar-refractivity contribution in [2.45, 2.75) is 25.8 Å². The summed E-state index contributed by atoms with van der Waals surface area (Å²) in [6, 6.07) is 8.57. The highest BCUT2D eigenvalue weighted by Crippen LogP contribution is 2.36. The molecule has 5 N–H and O–H groups in total. The monoisotopic (exact) mass is 435 g/mol. The third-order valence-corrected chi connectivity index (χ3v) is 5.13. The molecule has 0 radical (unpaired) electrons. The van der Waals surface area contributed by atoms with Crippen LogP contribution < -0.4 is 26.3 Å². The van der Waals surface area contributed by atoms with E-state index in [1.807, 2.05) is 0 Å². The van der Waals surface area contributed by atoms with Crippen molar-refractivity contribution in [1.82, 2.24) is 5.32 Å². The maximum absolute atomic E-state index is 12.4. The predicted molar refractivity (Wildman–Crippen MR) is 111 cm³/mol. The van der Waals surface area contributed by atoms with Crippen molar-refractivity contribution in [1.29, 1.82) is 0 Å². The van der Waals surface area contributed by atoms with Gasteiger partial charge in [0, 0.05) is 5.56 Å². The molecule has 6 nitrogen and oxygen atoms in total. The van der Waals surface area contributed by atoms with Gasteiger partial charge in [-0.25, -0.2) is 0 Å². The van der Waals surface area contributed by atoms with Crippen LogP contribution in [0.4, 0.5) is 18.9 Å². The molecule has 3 rings (SSSR count). The summed E-state index contributed by atoms with van der Waals surface area (Å²) in [5.74, 6) is -0.530. The second kappa shape index (κ2) is 9.30. The predicted octanol–water partition coefficient (Wildman–Crippen LogP) is 3.86. The van der Waals surface area contributed by atoms with Gasteiger partial charge < -0.3 is 26.3 Å². The van der Waals surface area contributed by atoms with E-state index >= 15 is 0 Å². The van der Waals surface area contributed by atoms with Crippen molar-refractivity contribution in [2.24, 2.45) is 11.7 Å². The van der Waals surface area contributed by atoms with Gasteiger partial charge in [-0.05, 0) is 67.3 Å². The van der Waals surface area contributed by atoms with Crippen LogP contribution in [-0.2, 0) is 6.61 Å². The summed E-state index contributed by atoms with van der Waals surface area (Å²) in [4.78, 5) is 11.9. The number of piperidine rings is 1. The zero-order chi connectivity index (χ0) is 22.6. The maximum atomic E-state index is 12.4.